The first-order chi connectivity index (χ1) is 12.8. The number of carboxylic acids is 1. The highest BCUT2D eigenvalue weighted by Gasteiger charge is 2.23. The Morgan fingerprint density at radius 2 is 1.89 bits per heavy atom. The van der Waals surface area contributed by atoms with Crippen LogP contribution < -0.4 is 14.9 Å². The molecule has 0 bridgehead atoms. The minimum absolute atomic E-state index is 0.143. The van der Waals surface area contributed by atoms with Gasteiger partial charge in [-0.15, -0.1) is 0 Å². The molecule has 0 radical (unpaired) electrons. The molecule has 0 spiro atoms. The number of carboxylic acid groups (broad SMARTS) is 1. The summed E-state index contributed by atoms with van der Waals surface area (Å²) in [4.78, 5) is 24.2. The Kier molecular flexibility index (Phi) is 5.10. The van der Waals surface area contributed by atoms with E-state index in [-0.39, 0.29) is 16.9 Å². The van der Waals surface area contributed by atoms with Gasteiger partial charge in [-0.3, -0.25) is 4.79 Å². The van der Waals surface area contributed by atoms with Crippen molar-refractivity contribution in [2.24, 2.45) is 0 Å². The van der Waals surface area contributed by atoms with Crippen LogP contribution in [-0.4, -0.2) is 24.3 Å². The van der Waals surface area contributed by atoms with Crippen LogP contribution in [0.1, 0.15) is 12.5 Å². The molecule has 0 aliphatic heterocycles. The fourth-order valence-electron chi connectivity index (χ4n) is 2.57. The summed E-state index contributed by atoms with van der Waals surface area (Å²) in [5.41, 5.74) is 1.15. The van der Waals surface area contributed by atoms with E-state index in [1.54, 1.807) is 44.4 Å². The lowest BCUT2D eigenvalue weighted by Gasteiger charge is -2.15. The predicted octanol–water partition coefficient (Wildman–Crippen LogP) is 4.28. The molecular formula is C20H17ClO6. The predicted molar refractivity (Wildman–Crippen MR) is 102 cm³/mol. The minimum Gasteiger partial charge on any atom is -0.497 e. The lowest BCUT2D eigenvalue weighted by molar-refractivity contribution is -0.144. The van der Waals surface area contributed by atoms with Crippen LogP contribution in [0.5, 0.6) is 11.5 Å². The van der Waals surface area contributed by atoms with Gasteiger partial charge in [-0.2, -0.15) is 0 Å². The number of ether oxygens (including phenoxy) is 2. The molecule has 0 aliphatic carbocycles. The summed E-state index contributed by atoms with van der Waals surface area (Å²) in [5, 5.41) is 9.79. The van der Waals surface area contributed by atoms with Crippen molar-refractivity contribution < 1.29 is 23.8 Å². The van der Waals surface area contributed by atoms with Crippen LogP contribution in [0, 0.1) is 6.92 Å². The summed E-state index contributed by atoms with van der Waals surface area (Å²) >= 11 is 6.13. The summed E-state index contributed by atoms with van der Waals surface area (Å²) in [7, 11) is 1.54. The van der Waals surface area contributed by atoms with Gasteiger partial charge in [0.1, 0.15) is 11.3 Å². The lowest BCUT2D eigenvalue weighted by Crippen LogP contribution is -2.26. The van der Waals surface area contributed by atoms with E-state index in [0.717, 1.165) is 5.56 Å². The zero-order valence-electron chi connectivity index (χ0n) is 14.9. The Hall–Kier alpha value is -2.99. The summed E-state index contributed by atoms with van der Waals surface area (Å²) < 4.78 is 16.5. The van der Waals surface area contributed by atoms with Crippen LogP contribution in [0.25, 0.3) is 22.3 Å². The average Bonchev–Trinajstić information content (AvgIpc) is 2.65. The van der Waals surface area contributed by atoms with Crippen LogP contribution in [-0.2, 0) is 4.79 Å². The number of fused-ring (bicyclic) bond motifs is 1. The Labute approximate surface area is 159 Å². The van der Waals surface area contributed by atoms with Crippen LogP contribution in [0.4, 0.5) is 0 Å². The van der Waals surface area contributed by atoms with E-state index < -0.39 is 17.5 Å². The topological polar surface area (TPSA) is 86.0 Å². The van der Waals surface area contributed by atoms with Crippen LogP contribution in [0.2, 0.25) is 5.02 Å². The molecule has 0 unspecified atom stereocenters. The maximum atomic E-state index is 13.0. The molecule has 1 N–H and O–H groups in total. The maximum Gasteiger partial charge on any atom is 0.344 e. The first-order valence-corrected chi connectivity index (χ1v) is 8.50. The van der Waals surface area contributed by atoms with Gasteiger partial charge in [0.15, 0.2) is 11.9 Å². The van der Waals surface area contributed by atoms with E-state index in [0.29, 0.717) is 21.9 Å². The molecule has 140 valence electrons. The molecule has 27 heavy (non-hydrogen) atoms. The van der Waals surface area contributed by atoms with Crippen molar-refractivity contribution in [1.29, 1.82) is 0 Å². The molecule has 7 heteroatoms. The fourth-order valence-corrected chi connectivity index (χ4v) is 2.73. The summed E-state index contributed by atoms with van der Waals surface area (Å²) in [6.07, 6.45) is -1.23. The Morgan fingerprint density at radius 1 is 1.22 bits per heavy atom. The van der Waals surface area contributed by atoms with E-state index in [2.05, 4.69) is 0 Å². The lowest BCUT2D eigenvalue weighted by atomic mass is 10.1. The second-order valence-electron chi connectivity index (χ2n) is 6.01. The monoisotopic (exact) mass is 388 g/mol. The van der Waals surface area contributed by atoms with Crippen LogP contribution in [0.15, 0.2) is 45.6 Å². The zero-order valence-corrected chi connectivity index (χ0v) is 15.7. The van der Waals surface area contributed by atoms with Crippen molar-refractivity contribution in [3.8, 4) is 22.8 Å². The van der Waals surface area contributed by atoms with Gasteiger partial charge in [0, 0.05) is 10.6 Å². The van der Waals surface area contributed by atoms with Gasteiger partial charge in [0.2, 0.25) is 11.2 Å². The van der Waals surface area contributed by atoms with Crippen molar-refractivity contribution in [2.75, 3.05) is 7.11 Å². The third-order valence-electron chi connectivity index (χ3n) is 4.12. The first kappa shape index (κ1) is 18.8. The van der Waals surface area contributed by atoms with E-state index in [4.69, 9.17) is 30.6 Å². The van der Waals surface area contributed by atoms with Gasteiger partial charge in [0.25, 0.3) is 0 Å². The van der Waals surface area contributed by atoms with Gasteiger partial charge in [-0.1, -0.05) is 11.6 Å². The standard InChI is InChI=1S/C20H17ClO6/c1-10-8-16-14(9-15(10)21)17(22)19(26-11(2)20(23)24)18(27-16)12-4-6-13(25-3)7-5-12/h4-9,11H,1-3H3,(H,23,24)/t11-/m0/s1. The Morgan fingerprint density at radius 3 is 2.48 bits per heavy atom. The summed E-state index contributed by atoms with van der Waals surface area (Å²) in [6.45, 7) is 3.14. The molecule has 1 aromatic heterocycles. The third-order valence-corrected chi connectivity index (χ3v) is 4.53. The van der Waals surface area contributed by atoms with E-state index in [1.165, 1.54) is 13.0 Å². The molecule has 0 aliphatic rings. The molecule has 1 atom stereocenters. The molecule has 6 nitrogen and oxygen atoms in total. The fraction of sp³-hybridized carbons (Fsp3) is 0.200. The molecule has 0 saturated heterocycles. The summed E-state index contributed by atoms with van der Waals surface area (Å²) in [6, 6.07) is 9.97. The van der Waals surface area contributed by atoms with Crippen molar-refractivity contribution >= 4 is 28.5 Å². The Balaban J connectivity index is 2.29. The van der Waals surface area contributed by atoms with Crippen molar-refractivity contribution in [3.05, 3.63) is 57.2 Å². The van der Waals surface area contributed by atoms with Crippen molar-refractivity contribution in [3.63, 3.8) is 0 Å². The molecule has 2 aromatic carbocycles. The number of rotatable bonds is 5. The number of methoxy groups -OCH3 is 1. The van der Waals surface area contributed by atoms with E-state index >= 15 is 0 Å². The smallest absolute Gasteiger partial charge is 0.344 e. The second-order valence-corrected chi connectivity index (χ2v) is 6.42. The van der Waals surface area contributed by atoms with Crippen LogP contribution in [0.3, 0.4) is 0 Å². The number of aliphatic carboxylic acids is 1. The van der Waals surface area contributed by atoms with Gasteiger partial charge in [-0.05, 0) is 55.8 Å². The average molecular weight is 389 g/mol. The highest BCUT2D eigenvalue weighted by atomic mass is 35.5. The second kappa shape index (κ2) is 7.32. The summed E-state index contributed by atoms with van der Waals surface area (Å²) in [5.74, 6) is -0.601. The maximum absolute atomic E-state index is 13.0. The number of aryl methyl sites for hydroxylation is 1. The van der Waals surface area contributed by atoms with Crippen molar-refractivity contribution in [2.45, 2.75) is 20.0 Å². The normalized spacial score (nSPS) is 12.0. The molecule has 1 heterocycles. The van der Waals surface area contributed by atoms with Crippen molar-refractivity contribution in [1.82, 2.24) is 0 Å². The first-order valence-electron chi connectivity index (χ1n) is 8.12. The Bertz CT molecular complexity index is 1070. The molecule has 0 fully saturated rings. The number of benzene rings is 2. The largest absolute Gasteiger partial charge is 0.497 e. The minimum atomic E-state index is -1.23. The molecule has 0 amide bonds. The van der Waals surface area contributed by atoms with E-state index in [9.17, 15) is 9.59 Å². The van der Waals surface area contributed by atoms with Gasteiger partial charge >= 0.3 is 5.97 Å². The molecular weight excluding hydrogens is 372 g/mol. The molecule has 3 rings (SSSR count). The van der Waals surface area contributed by atoms with Gasteiger partial charge in [-0.25, -0.2) is 4.79 Å². The van der Waals surface area contributed by atoms with Gasteiger partial charge in [0.05, 0.1) is 12.5 Å². The zero-order chi connectivity index (χ0) is 19.7. The SMILES string of the molecule is COc1ccc(-c2oc3cc(C)c(Cl)cc3c(=O)c2O[C@@H](C)C(=O)O)cc1. The highest BCUT2D eigenvalue weighted by molar-refractivity contribution is 6.32. The number of halogens is 1. The molecule has 3 aromatic rings. The quantitative estimate of drug-likeness (QED) is 0.702. The van der Waals surface area contributed by atoms with Gasteiger partial charge < -0.3 is 19.0 Å². The molecule has 0 saturated carbocycles. The number of hydrogen-bond donors (Lipinski definition) is 1. The number of carbonyl (C=O) groups is 1. The number of hydrogen-bond acceptors (Lipinski definition) is 5. The highest BCUT2D eigenvalue weighted by Crippen LogP contribution is 2.34. The van der Waals surface area contributed by atoms with E-state index in [1.807, 2.05) is 0 Å². The van der Waals surface area contributed by atoms with Crippen LogP contribution >= 0.6 is 11.6 Å². The third kappa shape index (κ3) is 3.61.